The van der Waals surface area contributed by atoms with Gasteiger partial charge in [0.1, 0.15) is 0 Å². The fraction of sp³-hybridized carbons (Fsp3) is 1.00. The molecule has 1 fully saturated rings. The molecular formula is C15H32N2. The summed E-state index contributed by atoms with van der Waals surface area (Å²) in [6, 6.07) is 0. The lowest BCUT2D eigenvalue weighted by Crippen LogP contribution is -2.44. The van der Waals surface area contributed by atoms with Gasteiger partial charge in [0.15, 0.2) is 0 Å². The van der Waals surface area contributed by atoms with Crippen molar-refractivity contribution >= 4 is 0 Å². The molecule has 3 unspecified atom stereocenters. The molecule has 0 aromatic rings. The molecule has 0 radical (unpaired) electrons. The molecule has 102 valence electrons. The molecule has 0 aromatic carbocycles. The maximum absolute atomic E-state index is 3.61. The molecule has 1 saturated heterocycles. The number of rotatable bonds is 4. The van der Waals surface area contributed by atoms with E-state index in [0.717, 1.165) is 24.3 Å². The Bertz CT molecular complexity index is 209. The van der Waals surface area contributed by atoms with Crippen molar-refractivity contribution in [2.45, 2.75) is 53.5 Å². The van der Waals surface area contributed by atoms with Crippen LogP contribution in [0.2, 0.25) is 0 Å². The zero-order valence-electron chi connectivity index (χ0n) is 12.7. The molecule has 0 aliphatic carbocycles. The summed E-state index contributed by atoms with van der Waals surface area (Å²) in [5.74, 6) is 2.50. The average Bonchev–Trinajstić information content (AvgIpc) is 2.11. The molecule has 1 heterocycles. The van der Waals surface area contributed by atoms with Crippen LogP contribution in [0.15, 0.2) is 0 Å². The minimum atomic E-state index is 0.247. The van der Waals surface area contributed by atoms with Crippen LogP contribution in [0.25, 0.3) is 0 Å². The molecule has 1 aliphatic heterocycles. The number of nitrogens with one attached hydrogen (secondary N) is 1. The first-order valence-electron chi connectivity index (χ1n) is 7.23. The first-order chi connectivity index (χ1) is 7.76. The number of hydrogen-bond acceptors (Lipinski definition) is 2. The molecule has 1 rings (SSSR count). The Morgan fingerprint density at radius 3 is 2.18 bits per heavy atom. The Morgan fingerprint density at radius 2 is 1.71 bits per heavy atom. The third-order valence-electron chi connectivity index (χ3n) is 3.50. The average molecular weight is 240 g/mol. The van der Waals surface area contributed by atoms with Gasteiger partial charge in [0.05, 0.1) is 0 Å². The van der Waals surface area contributed by atoms with E-state index in [1.165, 1.54) is 26.1 Å². The summed E-state index contributed by atoms with van der Waals surface area (Å²) in [6.45, 7) is 18.8. The maximum atomic E-state index is 3.61. The van der Waals surface area contributed by atoms with E-state index in [0.29, 0.717) is 0 Å². The standard InChI is InChI=1S/C15H32N2/c1-12-7-13(2)10-17(9-12)11-14(3)8-16-15(4,5)6/h12-14,16H,7-11H2,1-6H3. The number of piperidine rings is 1. The van der Waals surface area contributed by atoms with Crippen LogP contribution in [0.3, 0.4) is 0 Å². The summed E-state index contributed by atoms with van der Waals surface area (Å²) < 4.78 is 0. The van der Waals surface area contributed by atoms with Crippen LogP contribution in [-0.4, -0.2) is 36.6 Å². The fourth-order valence-corrected chi connectivity index (χ4v) is 2.93. The van der Waals surface area contributed by atoms with Gasteiger partial charge < -0.3 is 10.2 Å². The van der Waals surface area contributed by atoms with E-state index in [-0.39, 0.29) is 5.54 Å². The van der Waals surface area contributed by atoms with Gasteiger partial charge in [-0.2, -0.15) is 0 Å². The highest BCUT2D eigenvalue weighted by Crippen LogP contribution is 2.21. The molecule has 2 nitrogen and oxygen atoms in total. The molecule has 0 bridgehead atoms. The van der Waals surface area contributed by atoms with E-state index in [9.17, 15) is 0 Å². The van der Waals surface area contributed by atoms with Crippen molar-refractivity contribution in [3.05, 3.63) is 0 Å². The van der Waals surface area contributed by atoms with Crippen LogP contribution in [0.1, 0.15) is 48.0 Å². The van der Waals surface area contributed by atoms with E-state index in [1.807, 2.05) is 0 Å². The van der Waals surface area contributed by atoms with Crippen molar-refractivity contribution in [1.82, 2.24) is 10.2 Å². The first-order valence-corrected chi connectivity index (χ1v) is 7.23. The van der Waals surface area contributed by atoms with E-state index in [4.69, 9.17) is 0 Å². The Morgan fingerprint density at radius 1 is 1.18 bits per heavy atom. The van der Waals surface area contributed by atoms with Gasteiger partial charge in [-0.25, -0.2) is 0 Å². The molecule has 0 amide bonds. The Labute approximate surface area is 108 Å². The van der Waals surface area contributed by atoms with Gasteiger partial charge in [0, 0.05) is 25.2 Å². The lowest BCUT2D eigenvalue weighted by molar-refractivity contribution is 0.123. The smallest absolute Gasteiger partial charge is 0.00966 e. The van der Waals surface area contributed by atoms with Crippen LogP contribution >= 0.6 is 0 Å². The van der Waals surface area contributed by atoms with E-state index in [1.54, 1.807) is 0 Å². The Hall–Kier alpha value is -0.0800. The van der Waals surface area contributed by atoms with Crippen molar-refractivity contribution in [3.8, 4) is 0 Å². The third kappa shape index (κ3) is 6.42. The van der Waals surface area contributed by atoms with Gasteiger partial charge in [-0.3, -0.25) is 0 Å². The molecule has 0 saturated carbocycles. The van der Waals surface area contributed by atoms with Crippen LogP contribution in [0.4, 0.5) is 0 Å². The van der Waals surface area contributed by atoms with Gasteiger partial charge in [0.25, 0.3) is 0 Å². The summed E-state index contributed by atoms with van der Waals surface area (Å²) in [6.07, 6.45) is 1.41. The summed E-state index contributed by atoms with van der Waals surface area (Å²) in [7, 11) is 0. The normalized spacial score (nSPS) is 29.3. The number of hydrogen-bond donors (Lipinski definition) is 1. The molecule has 0 spiro atoms. The summed E-state index contributed by atoms with van der Waals surface area (Å²) in [5, 5.41) is 3.61. The second kappa shape index (κ2) is 6.19. The van der Waals surface area contributed by atoms with Crippen molar-refractivity contribution in [2.75, 3.05) is 26.2 Å². The van der Waals surface area contributed by atoms with E-state index in [2.05, 4.69) is 51.8 Å². The largest absolute Gasteiger partial charge is 0.312 e. The predicted octanol–water partition coefficient (Wildman–Crippen LogP) is 2.99. The van der Waals surface area contributed by atoms with Crippen LogP contribution < -0.4 is 5.32 Å². The maximum Gasteiger partial charge on any atom is 0.00966 e. The molecule has 2 heteroatoms. The number of likely N-dealkylation sites (tertiary alicyclic amines) is 1. The van der Waals surface area contributed by atoms with Gasteiger partial charge in [-0.05, 0) is 51.5 Å². The predicted molar refractivity (Wildman–Crippen MR) is 76.3 cm³/mol. The zero-order valence-corrected chi connectivity index (χ0v) is 12.7. The lowest BCUT2D eigenvalue weighted by atomic mass is 9.91. The lowest BCUT2D eigenvalue weighted by Gasteiger charge is -2.37. The summed E-state index contributed by atoms with van der Waals surface area (Å²) >= 11 is 0. The van der Waals surface area contributed by atoms with Gasteiger partial charge in [0.2, 0.25) is 0 Å². The SMILES string of the molecule is CC(CNC(C)(C)C)CN1CC(C)CC(C)C1. The quantitative estimate of drug-likeness (QED) is 0.812. The monoisotopic (exact) mass is 240 g/mol. The van der Waals surface area contributed by atoms with Crippen molar-refractivity contribution in [1.29, 1.82) is 0 Å². The second-order valence-electron chi connectivity index (χ2n) is 7.40. The summed E-state index contributed by atoms with van der Waals surface area (Å²) in [5.41, 5.74) is 0.247. The fourth-order valence-electron chi connectivity index (χ4n) is 2.93. The molecule has 0 aromatic heterocycles. The molecule has 1 aliphatic rings. The van der Waals surface area contributed by atoms with Crippen molar-refractivity contribution < 1.29 is 0 Å². The van der Waals surface area contributed by atoms with Crippen molar-refractivity contribution in [2.24, 2.45) is 17.8 Å². The molecule has 3 atom stereocenters. The van der Waals surface area contributed by atoms with Gasteiger partial charge in [-0.15, -0.1) is 0 Å². The topological polar surface area (TPSA) is 15.3 Å². The van der Waals surface area contributed by atoms with E-state index >= 15 is 0 Å². The highest BCUT2D eigenvalue weighted by molar-refractivity contribution is 4.78. The third-order valence-corrected chi connectivity index (χ3v) is 3.50. The minimum Gasteiger partial charge on any atom is -0.312 e. The molecule has 17 heavy (non-hydrogen) atoms. The van der Waals surface area contributed by atoms with E-state index < -0.39 is 0 Å². The minimum absolute atomic E-state index is 0.247. The highest BCUT2D eigenvalue weighted by Gasteiger charge is 2.23. The van der Waals surface area contributed by atoms with Crippen LogP contribution in [-0.2, 0) is 0 Å². The first kappa shape index (κ1) is 15.0. The highest BCUT2D eigenvalue weighted by atomic mass is 15.1. The Balaban J connectivity index is 2.28. The van der Waals surface area contributed by atoms with Gasteiger partial charge >= 0.3 is 0 Å². The Kier molecular flexibility index (Phi) is 5.46. The van der Waals surface area contributed by atoms with Crippen molar-refractivity contribution in [3.63, 3.8) is 0 Å². The van der Waals surface area contributed by atoms with Crippen LogP contribution in [0, 0.1) is 17.8 Å². The van der Waals surface area contributed by atoms with Crippen LogP contribution in [0.5, 0.6) is 0 Å². The summed E-state index contributed by atoms with van der Waals surface area (Å²) in [4.78, 5) is 2.66. The second-order valence-corrected chi connectivity index (χ2v) is 7.40. The zero-order chi connectivity index (χ0) is 13.1. The molecule has 1 N–H and O–H groups in total. The number of nitrogens with zero attached hydrogens (tertiary/aromatic N) is 1. The molecular weight excluding hydrogens is 208 g/mol. The van der Waals surface area contributed by atoms with Gasteiger partial charge in [-0.1, -0.05) is 20.8 Å².